The second-order valence-electron chi connectivity index (χ2n) is 5.68. The van der Waals surface area contributed by atoms with Crippen molar-refractivity contribution in [1.29, 1.82) is 0 Å². The molecule has 3 nitrogen and oxygen atoms in total. The van der Waals surface area contributed by atoms with Crippen LogP contribution in [0.5, 0.6) is 0 Å². The van der Waals surface area contributed by atoms with E-state index in [9.17, 15) is 0 Å². The quantitative estimate of drug-likeness (QED) is 0.506. The van der Waals surface area contributed by atoms with Crippen LogP contribution in [0, 0.1) is 0 Å². The zero-order valence-corrected chi connectivity index (χ0v) is 14.8. The largest absolute Gasteiger partial charge is 0.349 e. The van der Waals surface area contributed by atoms with E-state index in [0.29, 0.717) is 0 Å². The first kappa shape index (κ1) is 14.7. The molecule has 0 saturated heterocycles. The Kier molecular flexibility index (Phi) is 3.54. The first-order valence-corrected chi connectivity index (χ1v) is 9.62. The summed E-state index contributed by atoms with van der Waals surface area (Å²) in [5.74, 6) is 0. The SMILES string of the molecule is C(=C1Nc2ccccc2S1)c1sc(-c2ccccc2)c2nccc[n+]12. The van der Waals surface area contributed by atoms with Gasteiger partial charge in [-0.1, -0.05) is 65.6 Å². The molecular formula is C20H14N3S2+. The van der Waals surface area contributed by atoms with Gasteiger partial charge in [-0.05, 0) is 17.1 Å². The lowest BCUT2D eigenvalue weighted by atomic mass is 10.2. The van der Waals surface area contributed by atoms with Gasteiger partial charge in [0.1, 0.15) is 17.3 Å². The highest BCUT2D eigenvalue weighted by Crippen LogP contribution is 2.41. The minimum Gasteiger partial charge on any atom is -0.349 e. The summed E-state index contributed by atoms with van der Waals surface area (Å²) in [6, 6.07) is 20.8. The maximum absolute atomic E-state index is 4.61. The molecule has 4 aromatic rings. The Hall–Kier alpha value is -2.63. The lowest BCUT2D eigenvalue weighted by molar-refractivity contribution is -0.510. The molecule has 1 aliphatic rings. The number of rotatable bonds is 2. The van der Waals surface area contributed by atoms with Crippen molar-refractivity contribution in [2.24, 2.45) is 0 Å². The minimum atomic E-state index is 0.992. The summed E-state index contributed by atoms with van der Waals surface area (Å²) < 4.78 is 2.16. The van der Waals surface area contributed by atoms with Crippen LogP contribution in [0.15, 0.2) is 83.0 Å². The van der Waals surface area contributed by atoms with Crippen LogP contribution in [0.3, 0.4) is 0 Å². The van der Waals surface area contributed by atoms with Gasteiger partial charge < -0.3 is 5.32 Å². The van der Waals surface area contributed by atoms with E-state index in [1.54, 1.807) is 23.1 Å². The molecule has 0 amide bonds. The molecule has 2 aromatic heterocycles. The molecule has 120 valence electrons. The summed E-state index contributed by atoms with van der Waals surface area (Å²) in [4.78, 5) is 7.06. The van der Waals surface area contributed by atoms with Gasteiger partial charge in [-0.3, -0.25) is 0 Å². The average molecular weight is 360 g/mol. The normalized spacial score (nSPS) is 14.6. The van der Waals surface area contributed by atoms with E-state index in [2.05, 4.69) is 75.5 Å². The molecule has 1 N–H and O–H groups in total. The van der Waals surface area contributed by atoms with Crippen molar-refractivity contribution in [3.05, 3.63) is 83.1 Å². The number of thiazole rings is 1. The zero-order chi connectivity index (χ0) is 16.6. The van der Waals surface area contributed by atoms with Crippen molar-refractivity contribution in [1.82, 2.24) is 4.98 Å². The van der Waals surface area contributed by atoms with Crippen molar-refractivity contribution in [3.8, 4) is 10.4 Å². The summed E-state index contributed by atoms with van der Waals surface area (Å²) in [5, 5.41) is 5.79. The molecular weight excluding hydrogens is 346 g/mol. The predicted molar refractivity (Wildman–Crippen MR) is 105 cm³/mol. The van der Waals surface area contributed by atoms with E-state index < -0.39 is 0 Å². The highest BCUT2D eigenvalue weighted by Gasteiger charge is 2.22. The summed E-state index contributed by atoms with van der Waals surface area (Å²) in [6.45, 7) is 0. The lowest BCUT2D eigenvalue weighted by Crippen LogP contribution is -2.22. The number of hydrogen-bond donors (Lipinski definition) is 1. The fraction of sp³-hybridized carbons (Fsp3) is 0. The number of nitrogens with zero attached hydrogens (tertiary/aromatic N) is 2. The van der Waals surface area contributed by atoms with Gasteiger partial charge in [0, 0.05) is 22.6 Å². The van der Waals surface area contributed by atoms with Crippen molar-refractivity contribution in [3.63, 3.8) is 0 Å². The summed E-state index contributed by atoms with van der Waals surface area (Å²) in [7, 11) is 0. The fourth-order valence-electron chi connectivity index (χ4n) is 2.91. The monoisotopic (exact) mass is 360 g/mol. The van der Waals surface area contributed by atoms with E-state index in [1.165, 1.54) is 21.0 Å². The number of aromatic nitrogens is 2. The number of para-hydroxylation sites is 1. The van der Waals surface area contributed by atoms with Crippen molar-refractivity contribution in [2.45, 2.75) is 4.90 Å². The average Bonchev–Trinajstić information content (AvgIpc) is 3.24. The van der Waals surface area contributed by atoms with Gasteiger partial charge in [0.25, 0.3) is 0 Å². The van der Waals surface area contributed by atoms with Crippen molar-refractivity contribution >= 4 is 40.5 Å². The zero-order valence-electron chi connectivity index (χ0n) is 13.2. The third-order valence-corrected chi connectivity index (χ3v) is 6.21. The molecule has 0 radical (unpaired) electrons. The van der Waals surface area contributed by atoms with E-state index in [4.69, 9.17) is 0 Å². The lowest BCUT2D eigenvalue weighted by Gasteiger charge is -1.96. The summed E-state index contributed by atoms with van der Waals surface area (Å²) >= 11 is 3.53. The Labute approximate surface area is 153 Å². The second kappa shape index (κ2) is 6.02. The Bertz CT molecular complexity index is 1070. The highest BCUT2D eigenvalue weighted by atomic mass is 32.2. The molecule has 0 saturated carbocycles. The maximum Gasteiger partial charge on any atom is 0.346 e. The van der Waals surface area contributed by atoms with Crippen molar-refractivity contribution < 1.29 is 4.40 Å². The van der Waals surface area contributed by atoms with Gasteiger partial charge in [0.15, 0.2) is 5.01 Å². The van der Waals surface area contributed by atoms with Gasteiger partial charge >= 0.3 is 5.65 Å². The molecule has 25 heavy (non-hydrogen) atoms. The molecule has 0 aliphatic carbocycles. The minimum absolute atomic E-state index is 0.992. The molecule has 0 bridgehead atoms. The van der Waals surface area contributed by atoms with E-state index in [-0.39, 0.29) is 0 Å². The molecule has 5 heteroatoms. The third kappa shape index (κ3) is 2.62. The van der Waals surface area contributed by atoms with Crippen LogP contribution in [0.2, 0.25) is 0 Å². The van der Waals surface area contributed by atoms with Crippen LogP contribution in [-0.4, -0.2) is 4.98 Å². The highest BCUT2D eigenvalue weighted by molar-refractivity contribution is 8.03. The van der Waals surface area contributed by atoms with Gasteiger partial charge in [-0.15, -0.1) is 0 Å². The van der Waals surface area contributed by atoms with Crippen molar-refractivity contribution in [2.75, 3.05) is 5.32 Å². The van der Waals surface area contributed by atoms with Crippen LogP contribution in [0.4, 0.5) is 5.69 Å². The standard InChI is InChI=1S/C20H13N3S2/c1-2-7-14(8-3-1)19-20-21-11-6-12-23(20)18(25-19)13-17-22-15-9-4-5-10-16(15)24-17/h1-13H/p+1. The molecule has 0 spiro atoms. The van der Waals surface area contributed by atoms with Gasteiger partial charge in [-0.25, -0.2) is 0 Å². The van der Waals surface area contributed by atoms with Crippen LogP contribution in [-0.2, 0) is 0 Å². The number of thioether (sulfide) groups is 1. The van der Waals surface area contributed by atoms with Crippen LogP contribution in [0.1, 0.15) is 5.01 Å². The molecule has 5 rings (SSSR count). The molecule has 0 fully saturated rings. The van der Waals surface area contributed by atoms with Gasteiger partial charge in [-0.2, -0.15) is 4.40 Å². The molecule has 3 heterocycles. The number of benzene rings is 2. The number of hydrogen-bond acceptors (Lipinski definition) is 4. The van der Waals surface area contributed by atoms with Gasteiger partial charge in [0.05, 0.1) is 10.7 Å². The summed E-state index contributed by atoms with van der Waals surface area (Å²) in [6.07, 6.45) is 6.13. The predicted octanol–water partition coefficient (Wildman–Crippen LogP) is 5.07. The first-order chi connectivity index (χ1) is 12.4. The number of anilines is 1. The maximum atomic E-state index is 4.61. The molecule has 1 aliphatic heterocycles. The Balaban J connectivity index is 1.62. The topological polar surface area (TPSA) is 29.0 Å². The van der Waals surface area contributed by atoms with E-state index in [0.717, 1.165) is 15.7 Å². The third-order valence-electron chi connectivity index (χ3n) is 4.05. The summed E-state index contributed by atoms with van der Waals surface area (Å²) in [5.41, 5.74) is 3.36. The molecule has 0 unspecified atom stereocenters. The first-order valence-electron chi connectivity index (χ1n) is 7.99. The van der Waals surface area contributed by atoms with E-state index >= 15 is 0 Å². The Morgan fingerprint density at radius 1 is 0.960 bits per heavy atom. The number of fused-ring (bicyclic) bond motifs is 2. The van der Waals surface area contributed by atoms with Crippen LogP contribution in [0.25, 0.3) is 22.2 Å². The number of nitrogens with one attached hydrogen (secondary N) is 1. The Morgan fingerprint density at radius 2 is 1.80 bits per heavy atom. The van der Waals surface area contributed by atoms with Gasteiger partial charge in [0.2, 0.25) is 0 Å². The van der Waals surface area contributed by atoms with Crippen LogP contribution < -0.4 is 9.72 Å². The second-order valence-corrected chi connectivity index (χ2v) is 7.79. The fourth-order valence-corrected chi connectivity index (χ4v) is 5.05. The Morgan fingerprint density at radius 3 is 2.68 bits per heavy atom. The molecule has 2 aromatic carbocycles. The smallest absolute Gasteiger partial charge is 0.346 e. The molecule has 0 atom stereocenters. The van der Waals surface area contributed by atoms with Crippen LogP contribution >= 0.6 is 23.1 Å². The van der Waals surface area contributed by atoms with E-state index in [1.807, 2.05) is 18.3 Å².